The van der Waals surface area contributed by atoms with Gasteiger partial charge in [0.05, 0.1) is 12.3 Å². The van der Waals surface area contributed by atoms with Crippen LogP contribution in [0.2, 0.25) is 0 Å². The maximum absolute atomic E-state index is 5.18. The minimum atomic E-state index is 0.776. The van der Waals surface area contributed by atoms with Gasteiger partial charge in [-0.2, -0.15) is 0 Å². The fourth-order valence-electron chi connectivity index (χ4n) is 2.32. The number of nitrogens with one attached hydrogen (secondary N) is 1. The van der Waals surface area contributed by atoms with Gasteiger partial charge in [0.2, 0.25) is 0 Å². The Bertz CT molecular complexity index is 431. The van der Waals surface area contributed by atoms with Crippen molar-refractivity contribution in [2.75, 3.05) is 33.4 Å². The Morgan fingerprint density at radius 2 is 2.40 bits per heavy atom. The zero-order valence-electron chi connectivity index (χ0n) is 12.5. The third-order valence-corrected chi connectivity index (χ3v) is 4.30. The van der Waals surface area contributed by atoms with Crippen LogP contribution in [0.3, 0.4) is 0 Å². The van der Waals surface area contributed by atoms with Crippen molar-refractivity contribution in [3.63, 3.8) is 0 Å². The van der Waals surface area contributed by atoms with E-state index in [1.165, 1.54) is 22.7 Å². The molecule has 2 rings (SSSR count). The lowest BCUT2D eigenvalue weighted by molar-refractivity contribution is 0.210. The van der Waals surface area contributed by atoms with Gasteiger partial charge in [0.25, 0.3) is 0 Å². The fourth-order valence-corrected chi connectivity index (χ4v) is 3.07. The summed E-state index contributed by atoms with van der Waals surface area (Å²) < 4.78 is 5.18. The van der Waals surface area contributed by atoms with E-state index in [0.717, 1.165) is 45.8 Å². The SMILES string of the molecule is CCCNCc1nc(CN2CC=C(COC)CC2)cs1. The van der Waals surface area contributed by atoms with Crippen LogP contribution in [0.1, 0.15) is 30.5 Å². The first kappa shape index (κ1) is 15.6. The van der Waals surface area contributed by atoms with E-state index in [1.807, 2.05) is 0 Å². The Balaban J connectivity index is 1.77. The van der Waals surface area contributed by atoms with E-state index in [-0.39, 0.29) is 0 Å². The van der Waals surface area contributed by atoms with Gasteiger partial charge in [-0.25, -0.2) is 4.98 Å². The predicted octanol–water partition coefficient (Wildman–Crippen LogP) is 2.42. The van der Waals surface area contributed by atoms with Gasteiger partial charge >= 0.3 is 0 Å². The number of methoxy groups -OCH3 is 1. The molecule has 1 aliphatic heterocycles. The lowest BCUT2D eigenvalue weighted by atomic mass is 10.1. The Morgan fingerprint density at radius 1 is 1.50 bits per heavy atom. The second-order valence-electron chi connectivity index (χ2n) is 5.19. The second-order valence-corrected chi connectivity index (χ2v) is 6.13. The van der Waals surface area contributed by atoms with Gasteiger partial charge in [0, 0.05) is 38.7 Å². The Hall–Kier alpha value is -0.750. The summed E-state index contributed by atoms with van der Waals surface area (Å²) in [7, 11) is 1.76. The van der Waals surface area contributed by atoms with Crippen LogP contribution in [-0.4, -0.2) is 43.2 Å². The number of nitrogens with zero attached hydrogens (tertiary/aromatic N) is 2. The minimum absolute atomic E-state index is 0.776. The highest BCUT2D eigenvalue weighted by atomic mass is 32.1. The van der Waals surface area contributed by atoms with Gasteiger partial charge in [-0.15, -0.1) is 11.3 Å². The highest BCUT2D eigenvalue weighted by molar-refractivity contribution is 7.09. The molecule has 112 valence electrons. The average molecular weight is 295 g/mol. The average Bonchev–Trinajstić information content (AvgIpc) is 2.89. The standard InChI is InChI=1S/C15H25N3OS/c1-3-6-16-9-15-17-14(12-20-15)10-18-7-4-13(5-8-18)11-19-2/h4,12,16H,3,5-11H2,1-2H3. The predicted molar refractivity (Wildman–Crippen MR) is 84.0 cm³/mol. The summed E-state index contributed by atoms with van der Waals surface area (Å²) in [5.41, 5.74) is 2.62. The van der Waals surface area contributed by atoms with Crippen LogP contribution in [0.4, 0.5) is 0 Å². The van der Waals surface area contributed by atoms with Gasteiger partial charge in [-0.1, -0.05) is 13.0 Å². The molecule has 0 aromatic carbocycles. The fraction of sp³-hybridized carbons (Fsp3) is 0.667. The summed E-state index contributed by atoms with van der Waals surface area (Å²) in [6.45, 7) is 8.00. The molecular weight excluding hydrogens is 270 g/mol. The molecule has 0 atom stereocenters. The van der Waals surface area contributed by atoms with E-state index in [1.54, 1.807) is 18.4 Å². The molecule has 0 saturated heterocycles. The molecule has 1 N–H and O–H groups in total. The van der Waals surface area contributed by atoms with E-state index >= 15 is 0 Å². The number of rotatable bonds is 8. The van der Waals surface area contributed by atoms with Gasteiger partial charge in [0.15, 0.2) is 0 Å². The first-order valence-electron chi connectivity index (χ1n) is 7.35. The third kappa shape index (κ3) is 4.98. The monoisotopic (exact) mass is 295 g/mol. The van der Waals surface area contributed by atoms with Crippen LogP contribution in [0.25, 0.3) is 0 Å². The Labute approximate surface area is 125 Å². The molecule has 1 aromatic heterocycles. The van der Waals surface area contributed by atoms with Crippen LogP contribution >= 0.6 is 11.3 Å². The summed E-state index contributed by atoms with van der Waals surface area (Å²) in [5, 5.41) is 6.79. The number of hydrogen-bond donors (Lipinski definition) is 1. The molecule has 1 aromatic rings. The largest absolute Gasteiger partial charge is 0.380 e. The molecule has 2 heterocycles. The molecule has 0 fully saturated rings. The summed E-state index contributed by atoms with van der Waals surface area (Å²) in [4.78, 5) is 7.14. The molecule has 4 nitrogen and oxygen atoms in total. The zero-order valence-corrected chi connectivity index (χ0v) is 13.3. The molecule has 5 heteroatoms. The van der Waals surface area contributed by atoms with E-state index in [4.69, 9.17) is 9.72 Å². The minimum Gasteiger partial charge on any atom is -0.380 e. The Kier molecular flexibility index (Phi) is 6.66. The van der Waals surface area contributed by atoms with Crippen molar-refractivity contribution < 1.29 is 4.74 Å². The lowest BCUT2D eigenvalue weighted by Crippen LogP contribution is -2.29. The maximum Gasteiger partial charge on any atom is 0.107 e. The molecule has 0 amide bonds. The van der Waals surface area contributed by atoms with Crippen molar-refractivity contribution in [2.45, 2.75) is 32.9 Å². The summed E-state index contributed by atoms with van der Waals surface area (Å²) in [6.07, 6.45) is 4.58. The van der Waals surface area contributed by atoms with Crippen molar-refractivity contribution in [3.05, 3.63) is 27.7 Å². The van der Waals surface area contributed by atoms with Crippen molar-refractivity contribution in [1.82, 2.24) is 15.2 Å². The van der Waals surface area contributed by atoms with Crippen LogP contribution in [-0.2, 0) is 17.8 Å². The van der Waals surface area contributed by atoms with Crippen molar-refractivity contribution in [2.24, 2.45) is 0 Å². The van der Waals surface area contributed by atoms with E-state index in [9.17, 15) is 0 Å². The summed E-state index contributed by atoms with van der Waals surface area (Å²) in [6, 6.07) is 0. The normalized spacial score (nSPS) is 16.4. The number of ether oxygens (including phenoxy) is 1. The number of thiazole rings is 1. The van der Waals surface area contributed by atoms with Crippen LogP contribution in [0.5, 0.6) is 0 Å². The number of aromatic nitrogens is 1. The first-order chi connectivity index (χ1) is 9.81. The molecule has 0 unspecified atom stereocenters. The first-order valence-corrected chi connectivity index (χ1v) is 8.23. The van der Waals surface area contributed by atoms with Crippen molar-refractivity contribution in [3.8, 4) is 0 Å². The molecule has 0 saturated carbocycles. The molecule has 0 bridgehead atoms. The maximum atomic E-state index is 5.18. The van der Waals surface area contributed by atoms with Crippen LogP contribution in [0.15, 0.2) is 17.0 Å². The summed E-state index contributed by atoms with van der Waals surface area (Å²) >= 11 is 1.76. The molecule has 0 aliphatic carbocycles. The zero-order chi connectivity index (χ0) is 14.2. The second kappa shape index (κ2) is 8.52. The van der Waals surface area contributed by atoms with E-state index < -0.39 is 0 Å². The van der Waals surface area contributed by atoms with Crippen molar-refractivity contribution in [1.29, 1.82) is 0 Å². The van der Waals surface area contributed by atoms with E-state index in [2.05, 4.69) is 28.6 Å². The Morgan fingerprint density at radius 3 is 3.10 bits per heavy atom. The lowest BCUT2D eigenvalue weighted by Gasteiger charge is -2.25. The van der Waals surface area contributed by atoms with Gasteiger partial charge in [-0.3, -0.25) is 4.90 Å². The molecule has 0 radical (unpaired) electrons. The van der Waals surface area contributed by atoms with Gasteiger partial charge < -0.3 is 10.1 Å². The number of hydrogen-bond acceptors (Lipinski definition) is 5. The molecular formula is C15H25N3OS. The van der Waals surface area contributed by atoms with E-state index in [0.29, 0.717) is 0 Å². The molecule has 0 spiro atoms. The highest BCUT2D eigenvalue weighted by Gasteiger charge is 2.13. The topological polar surface area (TPSA) is 37.4 Å². The van der Waals surface area contributed by atoms with Crippen LogP contribution < -0.4 is 5.32 Å². The molecule has 20 heavy (non-hydrogen) atoms. The van der Waals surface area contributed by atoms with Crippen molar-refractivity contribution >= 4 is 11.3 Å². The highest BCUT2D eigenvalue weighted by Crippen LogP contribution is 2.16. The third-order valence-electron chi connectivity index (χ3n) is 3.40. The van der Waals surface area contributed by atoms with Crippen LogP contribution in [0, 0.1) is 0 Å². The van der Waals surface area contributed by atoms with Gasteiger partial charge in [-0.05, 0) is 25.0 Å². The smallest absolute Gasteiger partial charge is 0.107 e. The quantitative estimate of drug-likeness (QED) is 0.590. The molecule has 1 aliphatic rings. The summed E-state index contributed by atoms with van der Waals surface area (Å²) in [5.74, 6) is 0. The van der Waals surface area contributed by atoms with Gasteiger partial charge in [0.1, 0.15) is 5.01 Å².